The van der Waals surface area contributed by atoms with Gasteiger partial charge in [0.1, 0.15) is 16.6 Å². The minimum Gasteiger partial charge on any atom is -0.360 e. The monoisotopic (exact) mass is 443 g/mol. The first kappa shape index (κ1) is 16.7. The number of hydrogen-bond acceptors (Lipinski definition) is 4. The molecule has 3 rings (SSSR count). The van der Waals surface area contributed by atoms with Gasteiger partial charge in [-0.05, 0) is 53.8 Å². The second-order valence-corrected chi connectivity index (χ2v) is 7.33. The summed E-state index contributed by atoms with van der Waals surface area (Å²) in [6.07, 6.45) is 1.71. The molecule has 1 heterocycles. The van der Waals surface area contributed by atoms with Gasteiger partial charge in [0.05, 0.1) is 5.69 Å². The molecule has 0 aliphatic heterocycles. The largest absolute Gasteiger partial charge is 0.360 e. The third-order valence-corrected chi connectivity index (χ3v) is 5.02. The number of halogens is 1. The predicted molar refractivity (Wildman–Crippen MR) is 109 cm³/mol. The molecule has 118 valence electrons. The first-order valence-electron chi connectivity index (χ1n) is 7.31. The first-order valence-corrected chi connectivity index (χ1v) is 9.27. The second-order valence-electron chi connectivity index (χ2n) is 5.22. The molecular formula is C19H14IN3S. The van der Waals surface area contributed by atoms with Crippen LogP contribution >= 0.6 is 33.9 Å². The van der Waals surface area contributed by atoms with E-state index in [0.717, 1.165) is 16.9 Å². The highest BCUT2D eigenvalue weighted by Crippen LogP contribution is 2.26. The maximum atomic E-state index is 9.42. The number of aryl methyl sites for hydroxylation is 1. The normalized spacial score (nSPS) is 11.1. The molecule has 0 fully saturated rings. The lowest BCUT2D eigenvalue weighted by Gasteiger charge is -2.01. The maximum Gasteiger partial charge on any atom is 0.136 e. The van der Waals surface area contributed by atoms with Crippen molar-refractivity contribution in [2.45, 2.75) is 6.92 Å². The lowest BCUT2D eigenvalue weighted by molar-refractivity contribution is 1.36. The zero-order chi connectivity index (χ0) is 16.9. The molecule has 3 aromatic rings. The minimum atomic E-state index is 0.525. The molecule has 0 atom stereocenters. The van der Waals surface area contributed by atoms with Gasteiger partial charge in [-0.25, -0.2) is 4.98 Å². The summed E-state index contributed by atoms with van der Waals surface area (Å²) in [5.41, 5.74) is 4.64. The molecule has 5 heteroatoms. The summed E-state index contributed by atoms with van der Waals surface area (Å²) < 4.78 is 1.17. The van der Waals surface area contributed by atoms with Crippen molar-refractivity contribution in [2.75, 3.05) is 5.32 Å². The van der Waals surface area contributed by atoms with Crippen LogP contribution in [0.5, 0.6) is 0 Å². The Hall–Kier alpha value is -2.17. The number of nitriles is 1. The van der Waals surface area contributed by atoms with E-state index in [4.69, 9.17) is 0 Å². The van der Waals surface area contributed by atoms with Gasteiger partial charge in [-0.2, -0.15) is 5.26 Å². The van der Waals surface area contributed by atoms with Crippen LogP contribution in [0.3, 0.4) is 0 Å². The quantitative estimate of drug-likeness (QED) is 0.416. The maximum absolute atomic E-state index is 9.42. The number of nitrogens with zero attached hydrogens (tertiary/aromatic N) is 2. The lowest BCUT2D eigenvalue weighted by Crippen LogP contribution is -1.91. The molecular weight excluding hydrogens is 429 g/mol. The number of thiazole rings is 1. The van der Waals surface area contributed by atoms with Crippen LogP contribution in [0.25, 0.3) is 16.8 Å². The molecule has 0 radical (unpaired) electrons. The van der Waals surface area contributed by atoms with Crippen molar-refractivity contribution < 1.29 is 0 Å². The SMILES string of the molecule is Cc1ccc(-c2csc(/C(C#N)=C\Nc3ccc(I)cc3)n2)cc1. The summed E-state index contributed by atoms with van der Waals surface area (Å²) in [4.78, 5) is 4.59. The van der Waals surface area contributed by atoms with E-state index in [-0.39, 0.29) is 0 Å². The Labute approximate surface area is 158 Å². The van der Waals surface area contributed by atoms with Crippen molar-refractivity contribution >= 4 is 45.2 Å². The standard InChI is InChI=1S/C19H14IN3S/c1-13-2-4-14(5-3-13)18-12-24-19(23-18)15(10-21)11-22-17-8-6-16(20)7-9-17/h2-9,11-12,22H,1H3/b15-11-. The van der Waals surface area contributed by atoms with E-state index >= 15 is 0 Å². The molecule has 0 saturated carbocycles. The van der Waals surface area contributed by atoms with E-state index in [1.54, 1.807) is 6.20 Å². The smallest absolute Gasteiger partial charge is 0.136 e. The average molecular weight is 443 g/mol. The summed E-state index contributed by atoms with van der Waals surface area (Å²) in [7, 11) is 0. The Balaban J connectivity index is 1.81. The van der Waals surface area contributed by atoms with Crippen LogP contribution in [0.2, 0.25) is 0 Å². The molecule has 3 nitrogen and oxygen atoms in total. The van der Waals surface area contributed by atoms with Crippen molar-refractivity contribution in [2.24, 2.45) is 0 Å². The van der Waals surface area contributed by atoms with Crippen LogP contribution in [-0.4, -0.2) is 4.98 Å². The molecule has 0 bridgehead atoms. The van der Waals surface area contributed by atoms with Gasteiger partial charge >= 0.3 is 0 Å². The van der Waals surface area contributed by atoms with E-state index in [0.29, 0.717) is 10.6 Å². The van der Waals surface area contributed by atoms with E-state index in [1.165, 1.54) is 20.5 Å². The zero-order valence-electron chi connectivity index (χ0n) is 13.0. The summed E-state index contributed by atoms with van der Waals surface area (Å²) >= 11 is 3.74. The van der Waals surface area contributed by atoms with Crippen LogP contribution in [0.15, 0.2) is 60.1 Å². The number of allylic oxidation sites excluding steroid dienone is 1. The molecule has 0 aliphatic rings. The highest BCUT2D eigenvalue weighted by Gasteiger charge is 2.08. The summed E-state index contributed by atoms with van der Waals surface area (Å²) in [5, 5.41) is 15.3. The molecule has 1 N–H and O–H groups in total. The van der Waals surface area contributed by atoms with Gasteiger partial charge in [-0.3, -0.25) is 0 Å². The summed E-state index contributed by atoms with van der Waals surface area (Å²) in [5.74, 6) is 0. The highest BCUT2D eigenvalue weighted by molar-refractivity contribution is 14.1. The van der Waals surface area contributed by atoms with Crippen LogP contribution in [0.4, 0.5) is 5.69 Å². The van der Waals surface area contributed by atoms with Gasteiger partial charge < -0.3 is 5.32 Å². The number of hydrogen-bond donors (Lipinski definition) is 1. The number of aromatic nitrogens is 1. The van der Waals surface area contributed by atoms with Gasteiger partial charge in [0.2, 0.25) is 0 Å². The number of rotatable bonds is 4. The van der Waals surface area contributed by atoms with Crippen LogP contribution in [0.1, 0.15) is 10.6 Å². The van der Waals surface area contributed by atoms with Crippen LogP contribution < -0.4 is 5.32 Å². The van der Waals surface area contributed by atoms with E-state index in [9.17, 15) is 5.26 Å². The Kier molecular flexibility index (Phi) is 5.28. The average Bonchev–Trinajstić information content (AvgIpc) is 3.08. The molecule has 0 amide bonds. The molecule has 1 aromatic heterocycles. The zero-order valence-corrected chi connectivity index (χ0v) is 15.9. The van der Waals surface area contributed by atoms with Crippen molar-refractivity contribution in [1.29, 1.82) is 5.26 Å². The number of nitrogens with one attached hydrogen (secondary N) is 1. The predicted octanol–water partition coefficient (Wildman–Crippen LogP) is 5.70. The number of anilines is 1. The lowest BCUT2D eigenvalue weighted by atomic mass is 10.1. The van der Waals surface area contributed by atoms with Gasteiger partial charge in [-0.1, -0.05) is 29.8 Å². The Morgan fingerprint density at radius 1 is 1.17 bits per heavy atom. The van der Waals surface area contributed by atoms with Gasteiger partial charge in [0, 0.05) is 26.4 Å². The molecule has 0 saturated heterocycles. The first-order chi connectivity index (χ1) is 11.7. The topological polar surface area (TPSA) is 48.7 Å². The molecule has 0 spiro atoms. The molecule has 0 unspecified atom stereocenters. The third-order valence-electron chi connectivity index (χ3n) is 3.43. The van der Waals surface area contributed by atoms with Crippen molar-refractivity contribution in [3.63, 3.8) is 0 Å². The summed E-state index contributed by atoms with van der Waals surface area (Å²) in [6.45, 7) is 2.06. The van der Waals surface area contributed by atoms with Crippen LogP contribution in [-0.2, 0) is 0 Å². The van der Waals surface area contributed by atoms with Gasteiger partial charge in [0.15, 0.2) is 0 Å². The van der Waals surface area contributed by atoms with Crippen molar-refractivity contribution in [3.8, 4) is 17.3 Å². The Bertz CT molecular complexity index is 903. The molecule has 2 aromatic carbocycles. The van der Waals surface area contributed by atoms with E-state index in [2.05, 4.69) is 58.0 Å². The second kappa shape index (κ2) is 7.60. The van der Waals surface area contributed by atoms with E-state index in [1.807, 2.05) is 41.8 Å². The fourth-order valence-electron chi connectivity index (χ4n) is 2.10. The van der Waals surface area contributed by atoms with Gasteiger partial charge in [0.25, 0.3) is 0 Å². The van der Waals surface area contributed by atoms with Crippen LogP contribution in [0, 0.1) is 21.8 Å². The minimum absolute atomic E-state index is 0.525. The Morgan fingerprint density at radius 3 is 2.54 bits per heavy atom. The summed E-state index contributed by atoms with van der Waals surface area (Å²) in [6, 6.07) is 18.4. The third kappa shape index (κ3) is 4.02. The number of benzene rings is 2. The molecule has 0 aliphatic carbocycles. The fourth-order valence-corrected chi connectivity index (χ4v) is 3.25. The highest BCUT2D eigenvalue weighted by atomic mass is 127. The van der Waals surface area contributed by atoms with Crippen molar-refractivity contribution in [1.82, 2.24) is 4.98 Å². The Morgan fingerprint density at radius 2 is 1.88 bits per heavy atom. The van der Waals surface area contributed by atoms with Crippen molar-refractivity contribution in [3.05, 3.63) is 74.3 Å². The molecule has 24 heavy (non-hydrogen) atoms. The fraction of sp³-hybridized carbons (Fsp3) is 0.0526. The van der Waals surface area contributed by atoms with E-state index < -0.39 is 0 Å². The van der Waals surface area contributed by atoms with Gasteiger partial charge in [-0.15, -0.1) is 11.3 Å².